The smallest absolute Gasteiger partial charge is 0.289 e. The summed E-state index contributed by atoms with van der Waals surface area (Å²) in [6.45, 7) is 2.02. The molecule has 1 aliphatic rings. The van der Waals surface area contributed by atoms with Crippen molar-refractivity contribution in [3.05, 3.63) is 59.3 Å². The van der Waals surface area contributed by atoms with Crippen LogP contribution in [0.15, 0.2) is 40.8 Å². The van der Waals surface area contributed by atoms with E-state index < -0.39 is 5.82 Å². The van der Waals surface area contributed by atoms with Gasteiger partial charge in [-0.1, -0.05) is 12.1 Å². The molecule has 1 saturated heterocycles. The van der Waals surface area contributed by atoms with Crippen LogP contribution < -0.4 is 0 Å². The van der Waals surface area contributed by atoms with Crippen molar-refractivity contribution in [3.8, 4) is 0 Å². The van der Waals surface area contributed by atoms with Gasteiger partial charge in [0.05, 0.1) is 5.56 Å². The van der Waals surface area contributed by atoms with Crippen LogP contribution in [0.4, 0.5) is 4.39 Å². The molecular weight excluding hydrogens is 339 g/mol. The Kier molecular flexibility index (Phi) is 5.68. The lowest BCUT2D eigenvalue weighted by Crippen LogP contribution is -2.37. The Hall–Kier alpha value is -2.67. The molecule has 1 aliphatic heterocycles. The first-order valence-electron chi connectivity index (χ1n) is 8.51. The maximum Gasteiger partial charge on any atom is 0.289 e. The van der Waals surface area contributed by atoms with Crippen molar-refractivity contribution in [1.29, 1.82) is 0 Å². The maximum absolute atomic E-state index is 13.9. The first kappa shape index (κ1) is 18.1. The number of rotatable bonds is 4. The molecule has 0 bridgehead atoms. The van der Waals surface area contributed by atoms with Crippen LogP contribution in [0.2, 0.25) is 0 Å². The van der Waals surface area contributed by atoms with Gasteiger partial charge in [-0.15, -0.1) is 0 Å². The normalized spacial score (nSPS) is 15.0. The molecule has 1 aromatic carbocycles. The van der Waals surface area contributed by atoms with Crippen molar-refractivity contribution in [2.45, 2.75) is 13.0 Å². The van der Waals surface area contributed by atoms with E-state index in [-0.39, 0.29) is 23.1 Å². The third-order valence-corrected chi connectivity index (χ3v) is 4.33. The number of methoxy groups -OCH3 is 1. The SMILES string of the molecule is COCc1ccc(C(=O)N2CCCN(C(=O)c3ccccc3F)CC2)o1. The molecule has 2 aromatic rings. The Morgan fingerprint density at radius 1 is 1.04 bits per heavy atom. The van der Waals surface area contributed by atoms with Crippen molar-refractivity contribution in [2.24, 2.45) is 0 Å². The predicted octanol–water partition coefficient (Wildman–Crippen LogP) is 2.55. The summed E-state index contributed by atoms with van der Waals surface area (Å²) in [5.41, 5.74) is 0.0579. The number of benzene rings is 1. The van der Waals surface area contributed by atoms with E-state index in [1.807, 2.05) is 0 Å². The number of carbonyl (C=O) groups is 2. The number of furan rings is 1. The largest absolute Gasteiger partial charge is 0.453 e. The Balaban J connectivity index is 1.65. The topological polar surface area (TPSA) is 63.0 Å². The average Bonchev–Trinajstić information content (AvgIpc) is 2.97. The van der Waals surface area contributed by atoms with Gasteiger partial charge < -0.3 is 19.0 Å². The number of amides is 2. The molecule has 7 heteroatoms. The lowest BCUT2D eigenvalue weighted by molar-refractivity contribution is 0.0693. The van der Waals surface area contributed by atoms with E-state index in [1.165, 1.54) is 12.1 Å². The van der Waals surface area contributed by atoms with Gasteiger partial charge in [0, 0.05) is 33.3 Å². The zero-order valence-corrected chi connectivity index (χ0v) is 14.6. The van der Waals surface area contributed by atoms with Crippen LogP contribution in [0.25, 0.3) is 0 Å². The number of nitrogens with zero attached hydrogens (tertiary/aromatic N) is 2. The minimum atomic E-state index is -0.532. The zero-order chi connectivity index (χ0) is 18.5. The van der Waals surface area contributed by atoms with Crippen molar-refractivity contribution in [1.82, 2.24) is 9.80 Å². The molecule has 0 N–H and O–H groups in total. The van der Waals surface area contributed by atoms with Crippen LogP contribution in [0, 0.1) is 5.82 Å². The van der Waals surface area contributed by atoms with E-state index in [1.54, 1.807) is 41.2 Å². The Labute approximate surface area is 151 Å². The Morgan fingerprint density at radius 2 is 1.73 bits per heavy atom. The van der Waals surface area contributed by atoms with Crippen LogP contribution in [0.5, 0.6) is 0 Å². The molecular formula is C19H21FN2O4. The number of ether oxygens (including phenoxy) is 1. The third kappa shape index (κ3) is 3.94. The summed E-state index contributed by atoms with van der Waals surface area (Å²) >= 11 is 0. The van der Waals surface area contributed by atoms with Crippen LogP contribution >= 0.6 is 0 Å². The highest BCUT2D eigenvalue weighted by molar-refractivity contribution is 5.95. The monoisotopic (exact) mass is 360 g/mol. The quantitative estimate of drug-likeness (QED) is 0.841. The van der Waals surface area contributed by atoms with Gasteiger partial charge in [-0.25, -0.2) is 4.39 Å². The number of hydrogen-bond donors (Lipinski definition) is 0. The molecule has 138 valence electrons. The van der Waals surface area contributed by atoms with Gasteiger partial charge in [-0.3, -0.25) is 9.59 Å². The molecule has 26 heavy (non-hydrogen) atoms. The van der Waals surface area contributed by atoms with Crippen LogP contribution in [-0.2, 0) is 11.3 Å². The van der Waals surface area contributed by atoms with E-state index in [4.69, 9.17) is 9.15 Å². The predicted molar refractivity (Wildman–Crippen MR) is 92.2 cm³/mol. The molecule has 0 spiro atoms. The average molecular weight is 360 g/mol. The fraction of sp³-hybridized carbons (Fsp3) is 0.368. The molecule has 1 fully saturated rings. The van der Waals surface area contributed by atoms with Crippen LogP contribution in [-0.4, -0.2) is 54.9 Å². The highest BCUT2D eigenvalue weighted by Crippen LogP contribution is 2.16. The summed E-state index contributed by atoms with van der Waals surface area (Å²) in [6.07, 6.45) is 0.623. The Morgan fingerprint density at radius 3 is 2.42 bits per heavy atom. The zero-order valence-electron chi connectivity index (χ0n) is 14.6. The summed E-state index contributed by atoms with van der Waals surface area (Å²) in [5, 5.41) is 0. The summed E-state index contributed by atoms with van der Waals surface area (Å²) < 4.78 is 24.3. The van der Waals surface area contributed by atoms with Crippen LogP contribution in [0.1, 0.15) is 33.1 Å². The van der Waals surface area contributed by atoms with E-state index in [2.05, 4.69) is 0 Å². The van der Waals surface area contributed by atoms with Gasteiger partial charge in [0.25, 0.3) is 11.8 Å². The van der Waals surface area contributed by atoms with Gasteiger partial charge in [0.1, 0.15) is 18.2 Å². The molecule has 0 radical (unpaired) electrons. The molecule has 3 rings (SSSR count). The van der Waals surface area contributed by atoms with Gasteiger partial charge in [0.15, 0.2) is 5.76 Å². The molecule has 1 aromatic heterocycles. The van der Waals surface area contributed by atoms with Crippen molar-refractivity contribution in [2.75, 3.05) is 33.3 Å². The standard InChI is InChI=1S/C19H21FN2O4/c1-25-13-14-7-8-17(26-14)19(24)22-10-4-9-21(11-12-22)18(23)15-5-2-3-6-16(15)20/h2-3,5-8H,4,9-13H2,1H3. The van der Waals surface area contributed by atoms with Crippen molar-refractivity contribution < 1.29 is 23.1 Å². The van der Waals surface area contributed by atoms with E-state index in [0.717, 1.165) is 0 Å². The lowest BCUT2D eigenvalue weighted by Gasteiger charge is -2.22. The van der Waals surface area contributed by atoms with Gasteiger partial charge in [-0.05, 0) is 30.7 Å². The minimum absolute atomic E-state index is 0.0579. The number of carbonyl (C=O) groups excluding carboxylic acids is 2. The van der Waals surface area contributed by atoms with E-state index in [0.29, 0.717) is 45.0 Å². The minimum Gasteiger partial charge on any atom is -0.453 e. The van der Waals surface area contributed by atoms with E-state index in [9.17, 15) is 14.0 Å². The molecule has 0 unspecified atom stereocenters. The molecule has 2 heterocycles. The highest BCUT2D eigenvalue weighted by Gasteiger charge is 2.26. The molecule has 6 nitrogen and oxygen atoms in total. The second kappa shape index (κ2) is 8.14. The summed E-state index contributed by atoms with van der Waals surface area (Å²) in [4.78, 5) is 28.4. The lowest BCUT2D eigenvalue weighted by atomic mass is 10.2. The molecule has 0 aliphatic carbocycles. The van der Waals surface area contributed by atoms with E-state index >= 15 is 0 Å². The summed E-state index contributed by atoms with van der Waals surface area (Å²) in [6, 6.07) is 9.28. The van der Waals surface area contributed by atoms with Gasteiger partial charge in [0.2, 0.25) is 0 Å². The number of halogens is 1. The van der Waals surface area contributed by atoms with Gasteiger partial charge >= 0.3 is 0 Å². The fourth-order valence-electron chi connectivity index (χ4n) is 3.00. The van der Waals surface area contributed by atoms with Crippen LogP contribution in [0.3, 0.4) is 0 Å². The second-order valence-corrected chi connectivity index (χ2v) is 6.12. The Bertz CT molecular complexity index is 789. The van der Waals surface area contributed by atoms with Gasteiger partial charge in [-0.2, -0.15) is 0 Å². The molecule has 0 atom stereocenters. The summed E-state index contributed by atoms with van der Waals surface area (Å²) in [5.74, 6) is -0.255. The first-order valence-corrected chi connectivity index (χ1v) is 8.51. The maximum atomic E-state index is 13.9. The second-order valence-electron chi connectivity index (χ2n) is 6.12. The van der Waals surface area contributed by atoms with Crippen molar-refractivity contribution in [3.63, 3.8) is 0 Å². The highest BCUT2D eigenvalue weighted by atomic mass is 19.1. The summed E-state index contributed by atoms with van der Waals surface area (Å²) in [7, 11) is 1.56. The first-order chi connectivity index (χ1) is 12.6. The van der Waals surface area contributed by atoms with Crippen molar-refractivity contribution >= 4 is 11.8 Å². The molecule has 0 saturated carbocycles. The third-order valence-electron chi connectivity index (χ3n) is 4.33. The number of hydrogen-bond acceptors (Lipinski definition) is 4. The molecule has 2 amide bonds. The fourth-order valence-corrected chi connectivity index (χ4v) is 3.00.